The summed E-state index contributed by atoms with van der Waals surface area (Å²) in [6.45, 7) is 3.35. The molecule has 0 aromatic heterocycles. The Balaban J connectivity index is 1.63. The quantitative estimate of drug-likeness (QED) is 0.851. The number of amides is 1. The number of carbonyl (C=O) groups is 1. The first-order valence-corrected chi connectivity index (χ1v) is 8.22. The van der Waals surface area contributed by atoms with E-state index in [9.17, 15) is 4.79 Å². The van der Waals surface area contributed by atoms with E-state index in [2.05, 4.69) is 11.8 Å². The van der Waals surface area contributed by atoms with Gasteiger partial charge in [0.25, 0.3) is 0 Å². The van der Waals surface area contributed by atoms with E-state index in [0.29, 0.717) is 24.3 Å². The van der Waals surface area contributed by atoms with E-state index in [1.807, 2.05) is 0 Å². The van der Waals surface area contributed by atoms with E-state index in [4.69, 9.17) is 5.73 Å². The lowest BCUT2D eigenvalue weighted by Crippen LogP contribution is -2.53. The summed E-state index contributed by atoms with van der Waals surface area (Å²) < 4.78 is 0. The van der Waals surface area contributed by atoms with Gasteiger partial charge in [-0.3, -0.25) is 4.79 Å². The first kappa shape index (κ1) is 13.4. The molecule has 1 aliphatic heterocycles. The molecule has 2 aliphatic carbocycles. The zero-order valence-electron chi connectivity index (χ0n) is 12.2. The molecule has 4 unspecified atom stereocenters. The SMILES string of the molecule is CC1CCN(C(=O)CC(N)C2CC2)C2CCCCC12. The van der Waals surface area contributed by atoms with Crippen molar-refractivity contribution in [1.82, 2.24) is 4.90 Å². The number of piperidine rings is 1. The minimum absolute atomic E-state index is 0.119. The fraction of sp³-hybridized carbons (Fsp3) is 0.938. The first-order valence-electron chi connectivity index (χ1n) is 8.22. The maximum Gasteiger partial charge on any atom is 0.224 e. The van der Waals surface area contributed by atoms with Crippen LogP contribution in [0.25, 0.3) is 0 Å². The van der Waals surface area contributed by atoms with Crippen LogP contribution in [0.15, 0.2) is 0 Å². The fourth-order valence-corrected chi connectivity index (χ4v) is 4.23. The second kappa shape index (κ2) is 5.43. The molecule has 3 aliphatic rings. The average molecular weight is 264 g/mol. The predicted molar refractivity (Wildman–Crippen MR) is 76.6 cm³/mol. The molecule has 1 saturated heterocycles. The molecule has 0 spiro atoms. The van der Waals surface area contributed by atoms with Gasteiger partial charge in [0, 0.05) is 25.0 Å². The van der Waals surface area contributed by atoms with Gasteiger partial charge in [0.1, 0.15) is 0 Å². The van der Waals surface area contributed by atoms with Crippen LogP contribution in [0.4, 0.5) is 0 Å². The Kier molecular flexibility index (Phi) is 3.84. The maximum atomic E-state index is 12.5. The molecule has 108 valence electrons. The van der Waals surface area contributed by atoms with Crippen molar-refractivity contribution in [3.05, 3.63) is 0 Å². The summed E-state index contributed by atoms with van der Waals surface area (Å²) in [6, 6.07) is 0.644. The third-order valence-corrected chi connectivity index (χ3v) is 5.70. The Bertz CT molecular complexity index is 340. The highest BCUT2D eigenvalue weighted by Gasteiger charge is 2.40. The predicted octanol–water partition coefficient (Wildman–Crippen LogP) is 2.54. The van der Waals surface area contributed by atoms with Gasteiger partial charge in [0.15, 0.2) is 0 Å². The Hall–Kier alpha value is -0.570. The van der Waals surface area contributed by atoms with Gasteiger partial charge in [-0.05, 0) is 49.9 Å². The van der Waals surface area contributed by atoms with Crippen LogP contribution in [0.5, 0.6) is 0 Å². The van der Waals surface area contributed by atoms with Crippen LogP contribution < -0.4 is 5.73 Å². The highest BCUT2D eigenvalue weighted by Crippen LogP contribution is 2.39. The third-order valence-electron chi connectivity index (χ3n) is 5.70. The largest absolute Gasteiger partial charge is 0.339 e. The minimum atomic E-state index is 0.119. The Morgan fingerprint density at radius 2 is 1.95 bits per heavy atom. The average Bonchev–Trinajstić information content (AvgIpc) is 3.23. The van der Waals surface area contributed by atoms with Crippen molar-refractivity contribution in [2.24, 2.45) is 23.5 Å². The van der Waals surface area contributed by atoms with E-state index in [-0.39, 0.29) is 6.04 Å². The topological polar surface area (TPSA) is 46.3 Å². The molecule has 1 heterocycles. The first-order chi connectivity index (χ1) is 9.16. The monoisotopic (exact) mass is 264 g/mol. The molecule has 3 fully saturated rings. The molecule has 19 heavy (non-hydrogen) atoms. The number of fused-ring (bicyclic) bond motifs is 1. The number of likely N-dealkylation sites (tertiary alicyclic amines) is 1. The number of nitrogens with zero attached hydrogens (tertiary/aromatic N) is 1. The smallest absolute Gasteiger partial charge is 0.224 e. The van der Waals surface area contributed by atoms with Gasteiger partial charge in [-0.25, -0.2) is 0 Å². The number of rotatable bonds is 3. The van der Waals surface area contributed by atoms with Gasteiger partial charge in [0.05, 0.1) is 0 Å². The third kappa shape index (κ3) is 2.81. The summed E-state index contributed by atoms with van der Waals surface area (Å²) >= 11 is 0. The lowest BCUT2D eigenvalue weighted by atomic mass is 9.72. The standard InChI is InChI=1S/C16H28N2O/c1-11-8-9-18(15-5-3-2-4-13(11)15)16(19)10-14(17)12-6-7-12/h11-15H,2-10,17H2,1H3. The number of hydrogen-bond donors (Lipinski definition) is 1. The molecule has 0 radical (unpaired) electrons. The summed E-state index contributed by atoms with van der Waals surface area (Å²) in [4.78, 5) is 14.7. The van der Waals surface area contributed by atoms with Crippen molar-refractivity contribution in [3.8, 4) is 0 Å². The zero-order valence-corrected chi connectivity index (χ0v) is 12.2. The number of carbonyl (C=O) groups excluding carboxylic acids is 1. The molecular formula is C16H28N2O. The van der Waals surface area contributed by atoms with Crippen LogP contribution in [0.1, 0.15) is 58.3 Å². The van der Waals surface area contributed by atoms with Crippen LogP contribution in [-0.4, -0.2) is 29.4 Å². The lowest BCUT2D eigenvalue weighted by Gasteiger charge is -2.47. The second-order valence-electron chi connectivity index (χ2n) is 7.07. The molecule has 4 atom stereocenters. The van der Waals surface area contributed by atoms with Crippen molar-refractivity contribution in [3.63, 3.8) is 0 Å². The van der Waals surface area contributed by atoms with E-state index in [0.717, 1.165) is 18.4 Å². The number of nitrogens with two attached hydrogens (primary N) is 1. The minimum Gasteiger partial charge on any atom is -0.339 e. The van der Waals surface area contributed by atoms with Gasteiger partial charge in [-0.2, -0.15) is 0 Å². The summed E-state index contributed by atoms with van der Waals surface area (Å²) in [6.07, 6.45) is 9.44. The Labute approximate surface area is 116 Å². The van der Waals surface area contributed by atoms with Crippen molar-refractivity contribution < 1.29 is 4.79 Å². The van der Waals surface area contributed by atoms with E-state index in [1.165, 1.54) is 44.9 Å². The van der Waals surface area contributed by atoms with Gasteiger partial charge in [0.2, 0.25) is 5.91 Å². The lowest BCUT2D eigenvalue weighted by molar-refractivity contribution is -0.139. The molecule has 1 amide bonds. The fourth-order valence-electron chi connectivity index (χ4n) is 4.23. The zero-order chi connectivity index (χ0) is 13.4. The van der Waals surface area contributed by atoms with E-state index >= 15 is 0 Å². The maximum absolute atomic E-state index is 12.5. The summed E-state index contributed by atoms with van der Waals surface area (Å²) in [5.41, 5.74) is 6.13. The molecule has 3 heteroatoms. The van der Waals surface area contributed by atoms with Crippen LogP contribution in [0.3, 0.4) is 0 Å². The van der Waals surface area contributed by atoms with Crippen LogP contribution >= 0.6 is 0 Å². The molecule has 0 aromatic rings. The van der Waals surface area contributed by atoms with Crippen molar-refractivity contribution in [1.29, 1.82) is 0 Å². The molecule has 0 aromatic carbocycles. The summed E-state index contributed by atoms with van der Waals surface area (Å²) in [5, 5.41) is 0. The molecular weight excluding hydrogens is 236 g/mol. The van der Waals surface area contributed by atoms with Gasteiger partial charge in [-0.15, -0.1) is 0 Å². The summed E-state index contributed by atoms with van der Waals surface area (Å²) in [5.74, 6) is 2.52. The van der Waals surface area contributed by atoms with Crippen LogP contribution in [0, 0.1) is 17.8 Å². The molecule has 3 rings (SSSR count). The highest BCUT2D eigenvalue weighted by atomic mass is 16.2. The van der Waals surface area contributed by atoms with Crippen LogP contribution in [-0.2, 0) is 4.79 Å². The molecule has 3 nitrogen and oxygen atoms in total. The van der Waals surface area contributed by atoms with E-state index in [1.54, 1.807) is 0 Å². The van der Waals surface area contributed by atoms with Gasteiger partial charge in [-0.1, -0.05) is 19.8 Å². The van der Waals surface area contributed by atoms with Crippen molar-refractivity contribution in [2.75, 3.05) is 6.54 Å². The Morgan fingerprint density at radius 1 is 1.21 bits per heavy atom. The summed E-state index contributed by atoms with van der Waals surface area (Å²) in [7, 11) is 0. The van der Waals surface area contributed by atoms with Crippen molar-refractivity contribution in [2.45, 2.75) is 70.4 Å². The number of hydrogen-bond acceptors (Lipinski definition) is 2. The second-order valence-corrected chi connectivity index (χ2v) is 7.07. The molecule has 2 N–H and O–H groups in total. The van der Waals surface area contributed by atoms with Crippen LogP contribution in [0.2, 0.25) is 0 Å². The van der Waals surface area contributed by atoms with Gasteiger partial charge < -0.3 is 10.6 Å². The molecule has 0 bridgehead atoms. The van der Waals surface area contributed by atoms with E-state index < -0.39 is 0 Å². The van der Waals surface area contributed by atoms with Crippen molar-refractivity contribution >= 4 is 5.91 Å². The Morgan fingerprint density at radius 3 is 2.68 bits per heavy atom. The van der Waals surface area contributed by atoms with Gasteiger partial charge >= 0.3 is 0 Å². The highest BCUT2D eigenvalue weighted by molar-refractivity contribution is 5.77. The molecule has 2 saturated carbocycles. The normalized spacial score (nSPS) is 36.7.